The van der Waals surface area contributed by atoms with Crippen LogP contribution in [0.15, 0.2) is 35.3 Å². The average molecular weight is 352 g/mol. The van der Waals surface area contributed by atoms with Crippen molar-refractivity contribution in [2.45, 2.75) is 45.2 Å². The van der Waals surface area contributed by atoms with Crippen LogP contribution in [0.3, 0.4) is 0 Å². The molecule has 0 aliphatic heterocycles. The highest BCUT2D eigenvalue weighted by molar-refractivity contribution is 5.76. The number of hydrogen-bond donors (Lipinski definition) is 1. The minimum atomic E-state index is -0.340. The molecule has 3 heterocycles. The first-order valence-corrected chi connectivity index (χ1v) is 8.81. The van der Waals surface area contributed by atoms with Crippen molar-refractivity contribution in [1.29, 1.82) is 0 Å². The molecule has 0 saturated carbocycles. The third-order valence-electron chi connectivity index (χ3n) is 4.67. The molecule has 0 spiro atoms. The summed E-state index contributed by atoms with van der Waals surface area (Å²) in [4.78, 5) is 24.6. The zero-order valence-corrected chi connectivity index (χ0v) is 14.6. The fourth-order valence-corrected chi connectivity index (χ4v) is 3.36. The molecule has 0 bridgehead atoms. The number of nitrogens with zero attached hydrogens (tertiary/aromatic N) is 5. The van der Waals surface area contributed by atoms with Crippen molar-refractivity contribution < 1.29 is 4.79 Å². The number of aromatic nitrogens is 5. The second kappa shape index (κ2) is 6.70. The minimum absolute atomic E-state index is 0.104. The van der Waals surface area contributed by atoms with Gasteiger partial charge in [0.05, 0.1) is 11.7 Å². The summed E-state index contributed by atoms with van der Waals surface area (Å²) >= 11 is 0. The van der Waals surface area contributed by atoms with Crippen molar-refractivity contribution in [3.8, 4) is 0 Å². The average Bonchev–Trinajstić information content (AvgIpc) is 3.06. The fraction of sp³-hybridized carbons (Fsp3) is 0.389. The Balaban J connectivity index is 1.49. The first-order valence-electron chi connectivity index (χ1n) is 8.81. The number of carbonyl (C=O) groups is 1. The van der Waals surface area contributed by atoms with Gasteiger partial charge >= 0.3 is 0 Å². The van der Waals surface area contributed by atoms with E-state index in [9.17, 15) is 9.59 Å². The van der Waals surface area contributed by atoms with Crippen LogP contribution in [0.5, 0.6) is 0 Å². The highest BCUT2D eigenvalue weighted by Crippen LogP contribution is 2.17. The third-order valence-corrected chi connectivity index (χ3v) is 4.67. The Kier molecular flexibility index (Phi) is 4.24. The lowest BCUT2D eigenvalue weighted by Gasteiger charge is -2.16. The van der Waals surface area contributed by atoms with E-state index in [1.165, 1.54) is 4.68 Å². The maximum atomic E-state index is 12.4. The number of carbonyl (C=O) groups excluding carboxylic acids is 1. The molecular weight excluding hydrogens is 332 g/mol. The Morgan fingerprint density at radius 3 is 3.00 bits per heavy atom. The highest BCUT2D eigenvalue weighted by Gasteiger charge is 2.18. The maximum absolute atomic E-state index is 12.4. The van der Waals surface area contributed by atoms with Crippen LogP contribution in [-0.4, -0.2) is 30.3 Å². The van der Waals surface area contributed by atoms with E-state index in [0.29, 0.717) is 5.82 Å². The summed E-state index contributed by atoms with van der Waals surface area (Å²) < 4.78 is 3.07. The number of fused-ring (bicyclic) bond motifs is 2. The molecule has 1 amide bonds. The molecule has 3 aromatic rings. The number of amides is 1. The predicted octanol–water partition coefficient (Wildman–Crippen LogP) is 1.04. The van der Waals surface area contributed by atoms with E-state index in [0.717, 1.165) is 42.6 Å². The van der Waals surface area contributed by atoms with Gasteiger partial charge in [-0.2, -0.15) is 5.10 Å². The summed E-state index contributed by atoms with van der Waals surface area (Å²) in [6.07, 6.45) is 5.76. The van der Waals surface area contributed by atoms with Gasteiger partial charge in [-0.15, -0.1) is 10.2 Å². The zero-order valence-electron chi connectivity index (χ0n) is 14.6. The van der Waals surface area contributed by atoms with Crippen molar-refractivity contribution in [1.82, 2.24) is 29.7 Å². The summed E-state index contributed by atoms with van der Waals surface area (Å²) in [6.45, 7) is 1.73. The Morgan fingerprint density at radius 1 is 1.27 bits per heavy atom. The molecule has 0 aromatic carbocycles. The summed E-state index contributed by atoms with van der Waals surface area (Å²) in [6, 6.07) is 6.88. The molecule has 1 atom stereocenters. The maximum Gasteiger partial charge on any atom is 0.267 e. The van der Waals surface area contributed by atoms with Gasteiger partial charge in [-0.05, 0) is 50.3 Å². The number of aryl methyl sites for hydroxylation is 2. The van der Waals surface area contributed by atoms with E-state index < -0.39 is 0 Å². The lowest BCUT2D eigenvalue weighted by atomic mass is 9.97. The number of rotatable bonds is 4. The minimum Gasteiger partial charge on any atom is -0.345 e. The van der Waals surface area contributed by atoms with Crippen LogP contribution < -0.4 is 10.9 Å². The molecule has 3 aromatic heterocycles. The molecule has 4 rings (SSSR count). The second-order valence-electron chi connectivity index (χ2n) is 6.60. The highest BCUT2D eigenvalue weighted by atomic mass is 16.2. The summed E-state index contributed by atoms with van der Waals surface area (Å²) in [7, 11) is 0. The fourth-order valence-electron chi connectivity index (χ4n) is 3.36. The lowest BCUT2D eigenvalue weighted by molar-refractivity contribution is -0.122. The quantitative estimate of drug-likeness (QED) is 0.757. The van der Waals surface area contributed by atoms with Gasteiger partial charge in [-0.25, -0.2) is 4.68 Å². The molecule has 0 unspecified atom stereocenters. The van der Waals surface area contributed by atoms with Crippen LogP contribution in [0.1, 0.15) is 42.9 Å². The summed E-state index contributed by atoms with van der Waals surface area (Å²) in [5.74, 6) is 0.357. The van der Waals surface area contributed by atoms with E-state index in [-0.39, 0.29) is 24.1 Å². The SMILES string of the molecule is C[C@@H](NC(=O)Cn1nc2c(cc1=O)CCCC2)c1nnc2ccccn12. The standard InChI is InChI=1S/C18H20N6O2/c1-12(18-21-20-15-8-4-5-9-23(15)18)19-16(25)11-24-17(26)10-13-6-2-3-7-14(13)22-24/h4-5,8-10,12H,2-3,6-7,11H2,1H3,(H,19,25)/t12-/m1/s1. The lowest BCUT2D eigenvalue weighted by Crippen LogP contribution is -2.36. The van der Waals surface area contributed by atoms with Crippen molar-refractivity contribution in [2.75, 3.05) is 0 Å². The van der Waals surface area contributed by atoms with Crippen LogP contribution in [0.2, 0.25) is 0 Å². The van der Waals surface area contributed by atoms with Gasteiger partial charge < -0.3 is 5.32 Å². The van der Waals surface area contributed by atoms with Gasteiger partial charge in [0.15, 0.2) is 11.5 Å². The Hall–Kier alpha value is -3.03. The van der Waals surface area contributed by atoms with E-state index in [2.05, 4.69) is 20.6 Å². The topological polar surface area (TPSA) is 94.2 Å². The summed E-state index contributed by atoms with van der Waals surface area (Å²) in [5.41, 5.74) is 2.43. The smallest absolute Gasteiger partial charge is 0.267 e. The van der Waals surface area contributed by atoms with E-state index in [4.69, 9.17) is 0 Å². The van der Waals surface area contributed by atoms with Crippen molar-refractivity contribution in [2.24, 2.45) is 0 Å². The molecule has 1 aliphatic rings. The molecule has 0 fully saturated rings. The van der Waals surface area contributed by atoms with Crippen LogP contribution in [-0.2, 0) is 24.2 Å². The van der Waals surface area contributed by atoms with Crippen LogP contribution in [0, 0.1) is 0 Å². The van der Waals surface area contributed by atoms with Gasteiger partial charge in [0.2, 0.25) is 5.91 Å². The normalized spacial score (nSPS) is 14.8. The van der Waals surface area contributed by atoms with Gasteiger partial charge in [0.25, 0.3) is 5.56 Å². The molecule has 8 heteroatoms. The second-order valence-corrected chi connectivity index (χ2v) is 6.60. The monoisotopic (exact) mass is 352 g/mol. The number of hydrogen-bond acceptors (Lipinski definition) is 5. The Morgan fingerprint density at radius 2 is 2.12 bits per heavy atom. The number of pyridine rings is 1. The van der Waals surface area contributed by atoms with Gasteiger partial charge in [0, 0.05) is 12.3 Å². The molecule has 0 radical (unpaired) electrons. The van der Waals surface area contributed by atoms with E-state index in [1.54, 1.807) is 6.07 Å². The van der Waals surface area contributed by atoms with Gasteiger partial charge in [0.1, 0.15) is 6.54 Å². The van der Waals surface area contributed by atoms with Crippen LogP contribution in [0.25, 0.3) is 5.65 Å². The van der Waals surface area contributed by atoms with E-state index in [1.807, 2.05) is 35.7 Å². The predicted molar refractivity (Wildman–Crippen MR) is 94.7 cm³/mol. The Labute approximate surface area is 149 Å². The van der Waals surface area contributed by atoms with E-state index >= 15 is 0 Å². The number of nitrogens with one attached hydrogen (secondary N) is 1. The first kappa shape index (κ1) is 16.4. The Bertz CT molecular complexity index is 1020. The van der Waals surface area contributed by atoms with Gasteiger partial charge in [-0.1, -0.05) is 6.07 Å². The molecule has 1 N–H and O–H groups in total. The van der Waals surface area contributed by atoms with Crippen LogP contribution in [0.4, 0.5) is 0 Å². The molecular formula is C18H20N6O2. The third kappa shape index (κ3) is 3.10. The molecule has 26 heavy (non-hydrogen) atoms. The molecule has 8 nitrogen and oxygen atoms in total. The van der Waals surface area contributed by atoms with Crippen molar-refractivity contribution in [3.05, 3.63) is 57.9 Å². The molecule has 134 valence electrons. The van der Waals surface area contributed by atoms with Crippen LogP contribution >= 0.6 is 0 Å². The molecule has 0 saturated heterocycles. The largest absolute Gasteiger partial charge is 0.345 e. The molecule has 1 aliphatic carbocycles. The van der Waals surface area contributed by atoms with Crippen molar-refractivity contribution >= 4 is 11.6 Å². The summed E-state index contributed by atoms with van der Waals surface area (Å²) in [5, 5.41) is 15.5. The zero-order chi connectivity index (χ0) is 18.1. The van der Waals surface area contributed by atoms with Crippen molar-refractivity contribution in [3.63, 3.8) is 0 Å². The first-order chi connectivity index (χ1) is 12.6. The van der Waals surface area contributed by atoms with Gasteiger partial charge in [-0.3, -0.25) is 14.0 Å².